The maximum Gasteiger partial charge on any atom is 0.320 e. The van der Waals surface area contributed by atoms with Gasteiger partial charge in [0, 0.05) is 27.2 Å². The summed E-state index contributed by atoms with van der Waals surface area (Å²) >= 11 is 18.7. The molecular formula is C26H25Cl3N4O. The zero-order chi connectivity index (χ0) is 23.4. The summed E-state index contributed by atoms with van der Waals surface area (Å²) in [7, 11) is 0. The molecule has 2 amide bonds. The van der Waals surface area contributed by atoms with E-state index in [1.54, 1.807) is 16.8 Å². The lowest BCUT2D eigenvalue weighted by Crippen LogP contribution is -2.60. The van der Waals surface area contributed by atoms with Crippen LogP contribution in [0.2, 0.25) is 15.1 Å². The molecule has 0 atom stereocenters. The zero-order valence-corrected chi connectivity index (χ0v) is 20.8. The van der Waals surface area contributed by atoms with Gasteiger partial charge in [0.1, 0.15) is 0 Å². The molecule has 0 aliphatic heterocycles. The highest BCUT2D eigenvalue weighted by Crippen LogP contribution is 2.55. The quantitative estimate of drug-likeness (QED) is 0.376. The van der Waals surface area contributed by atoms with Crippen molar-refractivity contribution in [1.82, 2.24) is 15.1 Å². The molecule has 4 aliphatic rings. The molecule has 4 aliphatic carbocycles. The fraction of sp³-hybridized carbons (Fsp3) is 0.385. The number of urea groups is 1. The first-order valence-electron chi connectivity index (χ1n) is 11.8. The summed E-state index contributed by atoms with van der Waals surface area (Å²) in [6.07, 6.45) is 7.28. The van der Waals surface area contributed by atoms with Crippen molar-refractivity contribution in [2.45, 2.75) is 44.1 Å². The van der Waals surface area contributed by atoms with Crippen molar-refractivity contribution < 1.29 is 4.79 Å². The minimum atomic E-state index is -0.198. The van der Waals surface area contributed by atoms with E-state index in [9.17, 15) is 4.79 Å². The summed E-state index contributed by atoms with van der Waals surface area (Å²) in [6.45, 7) is 0. The summed E-state index contributed by atoms with van der Waals surface area (Å²) in [5.74, 6) is 2.73. The predicted molar refractivity (Wildman–Crippen MR) is 137 cm³/mol. The molecule has 4 fully saturated rings. The molecule has 7 rings (SSSR count). The first-order valence-corrected chi connectivity index (χ1v) is 12.9. The van der Waals surface area contributed by atoms with Crippen LogP contribution in [-0.2, 0) is 0 Å². The Balaban J connectivity index is 1.29. The average molecular weight is 516 g/mol. The van der Waals surface area contributed by atoms with E-state index in [1.807, 2.05) is 36.4 Å². The molecule has 176 valence electrons. The number of nitrogens with zero attached hydrogens (tertiary/aromatic N) is 2. The van der Waals surface area contributed by atoms with Crippen LogP contribution in [0.5, 0.6) is 0 Å². The van der Waals surface area contributed by atoms with E-state index in [-0.39, 0.29) is 11.6 Å². The molecule has 8 heteroatoms. The van der Waals surface area contributed by atoms with Gasteiger partial charge >= 0.3 is 6.03 Å². The third kappa shape index (κ3) is 4.19. The van der Waals surface area contributed by atoms with Gasteiger partial charge in [-0.25, -0.2) is 9.48 Å². The van der Waals surface area contributed by atoms with E-state index in [1.165, 1.54) is 19.3 Å². The normalized spacial score (nSPS) is 27.1. The molecule has 3 aromatic rings. The van der Waals surface area contributed by atoms with Crippen LogP contribution in [0, 0.1) is 17.8 Å². The molecular weight excluding hydrogens is 491 g/mol. The van der Waals surface area contributed by atoms with Crippen molar-refractivity contribution in [3.63, 3.8) is 0 Å². The Morgan fingerprint density at radius 2 is 1.50 bits per heavy atom. The lowest BCUT2D eigenvalue weighted by Gasteiger charge is -2.56. The number of hydrogen-bond donors (Lipinski definition) is 2. The number of halogens is 3. The maximum atomic E-state index is 13.1. The molecule has 2 N–H and O–H groups in total. The van der Waals surface area contributed by atoms with Crippen LogP contribution in [0.25, 0.3) is 16.9 Å². The van der Waals surface area contributed by atoms with Gasteiger partial charge in [-0.2, -0.15) is 0 Å². The number of aromatic nitrogens is 2. The van der Waals surface area contributed by atoms with Crippen LogP contribution in [0.1, 0.15) is 38.5 Å². The highest BCUT2D eigenvalue weighted by molar-refractivity contribution is 6.35. The van der Waals surface area contributed by atoms with Gasteiger partial charge in [-0.3, -0.25) is 5.32 Å². The third-order valence-electron chi connectivity index (χ3n) is 7.65. The number of amides is 2. The number of anilines is 1. The molecule has 0 unspecified atom stereocenters. The summed E-state index contributed by atoms with van der Waals surface area (Å²) in [4.78, 5) is 13.1. The Morgan fingerprint density at radius 3 is 2.12 bits per heavy atom. The number of benzene rings is 2. The van der Waals surface area contributed by atoms with Gasteiger partial charge in [-0.1, -0.05) is 46.9 Å². The SMILES string of the molecule is O=C(Nc1cc(-c2ccc(Cl)cc2)n(-c2ccc(Cl)cc2Cl)n1)NC12CC3CC(CC(C3)C1)C2. The molecule has 1 aromatic heterocycles. The highest BCUT2D eigenvalue weighted by Gasteiger charge is 2.51. The topological polar surface area (TPSA) is 59.0 Å². The highest BCUT2D eigenvalue weighted by atomic mass is 35.5. The van der Waals surface area contributed by atoms with E-state index in [0.717, 1.165) is 48.3 Å². The molecule has 4 bridgehead atoms. The lowest BCUT2D eigenvalue weighted by atomic mass is 9.53. The van der Waals surface area contributed by atoms with Crippen LogP contribution < -0.4 is 10.6 Å². The van der Waals surface area contributed by atoms with Gasteiger partial charge in [-0.15, -0.1) is 5.10 Å². The molecule has 0 spiro atoms. The maximum absolute atomic E-state index is 13.1. The van der Waals surface area contributed by atoms with Crippen molar-refractivity contribution >= 4 is 46.7 Å². The monoisotopic (exact) mass is 514 g/mol. The summed E-state index contributed by atoms with van der Waals surface area (Å²) in [6, 6.07) is 14.4. The Labute approximate surface area is 213 Å². The minimum absolute atomic E-state index is 0.0695. The van der Waals surface area contributed by atoms with Crippen molar-refractivity contribution in [3.05, 3.63) is 63.6 Å². The molecule has 0 saturated heterocycles. The van der Waals surface area contributed by atoms with Crippen molar-refractivity contribution in [2.75, 3.05) is 5.32 Å². The van der Waals surface area contributed by atoms with E-state index in [0.29, 0.717) is 26.6 Å². The minimum Gasteiger partial charge on any atom is -0.332 e. The van der Waals surface area contributed by atoms with Gasteiger partial charge in [0.05, 0.1) is 16.4 Å². The number of nitrogens with one attached hydrogen (secondary N) is 2. The summed E-state index contributed by atoms with van der Waals surface area (Å²) in [5, 5.41) is 12.7. The number of carbonyl (C=O) groups excluding carboxylic acids is 1. The van der Waals surface area contributed by atoms with E-state index in [2.05, 4.69) is 15.7 Å². The molecule has 4 saturated carbocycles. The van der Waals surface area contributed by atoms with Gasteiger partial charge in [-0.05, 0) is 86.6 Å². The first kappa shape index (κ1) is 22.3. The number of rotatable bonds is 4. The Hall–Kier alpha value is -2.21. The Morgan fingerprint density at radius 1 is 0.882 bits per heavy atom. The number of hydrogen-bond acceptors (Lipinski definition) is 2. The van der Waals surface area contributed by atoms with Crippen molar-refractivity contribution in [1.29, 1.82) is 0 Å². The van der Waals surface area contributed by atoms with Crippen LogP contribution >= 0.6 is 34.8 Å². The fourth-order valence-electron chi connectivity index (χ4n) is 6.76. The van der Waals surface area contributed by atoms with Crippen LogP contribution in [-0.4, -0.2) is 21.4 Å². The van der Waals surface area contributed by atoms with Gasteiger partial charge in [0.15, 0.2) is 5.82 Å². The van der Waals surface area contributed by atoms with E-state index < -0.39 is 0 Å². The van der Waals surface area contributed by atoms with Crippen LogP contribution in [0.4, 0.5) is 10.6 Å². The Kier molecular flexibility index (Phi) is 5.55. The van der Waals surface area contributed by atoms with Gasteiger partial charge < -0.3 is 5.32 Å². The van der Waals surface area contributed by atoms with Crippen molar-refractivity contribution in [2.24, 2.45) is 17.8 Å². The van der Waals surface area contributed by atoms with Crippen LogP contribution in [0.3, 0.4) is 0 Å². The molecule has 34 heavy (non-hydrogen) atoms. The molecule has 2 aromatic carbocycles. The Bertz CT molecular complexity index is 1220. The standard InChI is InChI=1S/C26H25Cl3N4O/c27-19-3-1-18(2-4-19)23-11-24(32-33(23)22-6-5-20(28)10-21(22)29)30-25(34)31-26-12-15-7-16(13-26)9-17(8-15)14-26/h1-6,10-11,15-17H,7-9,12-14H2,(H2,30,31,32,34). The second-order valence-electron chi connectivity index (χ2n) is 10.2. The van der Waals surface area contributed by atoms with E-state index in [4.69, 9.17) is 34.8 Å². The fourth-order valence-corrected chi connectivity index (χ4v) is 7.37. The summed E-state index contributed by atoms with van der Waals surface area (Å²) < 4.78 is 1.72. The van der Waals surface area contributed by atoms with E-state index >= 15 is 0 Å². The smallest absolute Gasteiger partial charge is 0.320 e. The average Bonchev–Trinajstić information content (AvgIpc) is 3.16. The van der Waals surface area contributed by atoms with Crippen LogP contribution in [0.15, 0.2) is 48.5 Å². The van der Waals surface area contributed by atoms with Crippen molar-refractivity contribution in [3.8, 4) is 16.9 Å². The second kappa shape index (κ2) is 8.47. The molecule has 1 heterocycles. The lowest BCUT2D eigenvalue weighted by molar-refractivity contribution is -0.0127. The zero-order valence-electron chi connectivity index (χ0n) is 18.5. The number of carbonyl (C=O) groups is 1. The first-order chi connectivity index (χ1) is 16.4. The molecule has 0 radical (unpaired) electrons. The largest absolute Gasteiger partial charge is 0.332 e. The van der Waals surface area contributed by atoms with Gasteiger partial charge in [0.2, 0.25) is 0 Å². The predicted octanol–water partition coefficient (Wildman–Crippen LogP) is 7.59. The second-order valence-corrected chi connectivity index (χ2v) is 11.5. The third-order valence-corrected chi connectivity index (χ3v) is 8.44. The van der Waals surface area contributed by atoms with Gasteiger partial charge in [0.25, 0.3) is 0 Å². The summed E-state index contributed by atoms with van der Waals surface area (Å²) in [5.41, 5.74) is 2.29. The molecule has 5 nitrogen and oxygen atoms in total.